The van der Waals surface area contributed by atoms with E-state index in [2.05, 4.69) is 25.7 Å². The van der Waals surface area contributed by atoms with Gasteiger partial charge in [-0.25, -0.2) is 9.97 Å². The van der Waals surface area contributed by atoms with Gasteiger partial charge in [-0.3, -0.25) is 20.0 Å². The molecule has 0 saturated heterocycles. The van der Waals surface area contributed by atoms with E-state index in [1.807, 2.05) is 72.1 Å². The van der Waals surface area contributed by atoms with Crippen molar-refractivity contribution in [2.24, 2.45) is 0 Å². The van der Waals surface area contributed by atoms with Crippen LogP contribution in [0.5, 0.6) is 0 Å². The molecular weight excluding hydrogens is 438 g/mol. The number of carbonyl (C=O) groups excluding carboxylic acids is 1. The monoisotopic (exact) mass is 453 g/mol. The van der Waals surface area contributed by atoms with E-state index in [1.54, 1.807) is 0 Å². The highest BCUT2D eigenvalue weighted by Gasteiger charge is 2.23. The van der Waals surface area contributed by atoms with Gasteiger partial charge in [-0.15, -0.1) is 11.3 Å². The van der Waals surface area contributed by atoms with Gasteiger partial charge >= 0.3 is 0 Å². The van der Waals surface area contributed by atoms with Crippen LogP contribution in [0.4, 0.5) is 16.6 Å². The number of benzene rings is 2. The lowest BCUT2D eigenvalue weighted by molar-refractivity contribution is 0.102. The number of nitrogens with one attached hydrogen (secondary N) is 3. The first-order valence-electron chi connectivity index (χ1n) is 9.82. The van der Waals surface area contributed by atoms with Crippen LogP contribution < -0.4 is 16.2 Å². The van der Waals surface area contributed by atoms with Crippen LogP contribution in [0.25, 0.3) is 16.9 Å². The molecule has 0 radical (unpaired) electrons. The fraction of sp³-hybridized carbons (Fsp3) is 0. The van der Waals surface area contributed by atoms with E-state index in [1.165, 1.54) is 11.3 Å². The Bertz CT molecular complexity index is 1560. The summed E-state index contributed by atoms with van der Waals surface area (Å²) in [6.45, 7) is 0. The number of hydrogen-bond acceptors (Lipinski definition) is 7. The van der Waals surface area contributed by atoms with E-state index >= 15 is 0 Å². The summed E-state index contributed by atoms with van der Waals surface area (Å²) in [4.78, 5) is 34.6. The van der Waals surface area contributed by atoms with Gasteiger partial charge < -0.3 is 5.32 Å². The van der Waals surface area contributed by atoms with Gasteiger partial charge in [0.15, 0.2) is 10.8 Å². The zero-order valence-electron chi connectivity index (χ0n) is 16.9. The molecule has 0 atom stereocenters. The Hall–Kier alpha value is -4.75. The van der Waals surface area contributed by atoms with Crippen LogP contribution in [-0.4, -0.2) is 25.5 Å². The summed E-state index contributed by atoms with van der Waals surface area (Å²) in [5, 5.41) is 20.2. The molecule has 5 rings (SSSR count). The molecular formula is C23H15N7O2S. The van der Waals surface area contributed by atoms with Crippen molar-refractivity contribution >= 4 is 39.5 Å². The third-order valence-corrected chi connectivity index (χ3v) is 5.60. The number of H-pyrrole nitrogens is 1. The Morgan fingerprint density at radius 2 is 1.82 bits per heavy atom. The Labute approximate surface area is 191 Å². The van der Waals surface area contributed by atoms with Gasteiger partial charge in [0.05, 0.1) is 11.9 Å². The first kappa shape index (κ1) is 20.2. The van der Waals surface area contributed by atoms with Crippen molar-refractivity contribution in [1.29, 1.82) is 5.26 Å². The standard InChI is InChI=1S/C23H15N7O2S/c24-11-15-12-25-20-18(19(29-30(20)22(15)32)26-16-9-5-2-6-10-16)21(31)28-23-27-17(13-33-23)14-7-3-1-4-8-14/h1-10,12-13,26,29H,(H,27,28,31). The number of rotatable bonds is 5. The Kier molecular flexibility index (Phi) is 5.14. The van der Waals surface area contributed by atoms with Crippen molar-refractivity contribution < 1.29 is 4.79 Å². The van der Waals surface area contributed by atoms with Gasteiger partial charge in [-0.1, -0.05) is 48.5 Å². The molecule has 0 spiro atoms. The molecule has 3 N–H and O–H groups in total. The van der Waals surface area contributed by atoms with Gasteiger partial charge in [0, 0.05) is 16.6 Å². The fourth-order valence-corrected chi connectivity index (χ4v) is 4.01. The number of fused-ring (bicyclic) bond motifs is 1. The van der Waals surface area contributed by atoms with Crippen molar-refractivity contribution in [1.82, 2.24) is 19.6 Å². The Morgan fingerprint density at radius 3 is 2.55 bits per heavy atom. The summed E-state index contributed by atoms with van der Waals surface area (Å²) in [5.74, 6) is -0.240. The number of para-hydroxylation sites is 1. The quantitative estimate of drug-likeness (QED) is 0.369. The molecule has 160 valence electrons. The van der Waals surface area contributed by atoms with Crippen LogP contribution >= 0.6 is 11.3 Å². The Morgan fingerprint density at radius 1 is 1.09 bits per heavy atom. The van der Waals surface area contributed by atoms with E-state index < -0.39 is 11.5 Å². The van der Waals surface area contributed by atoms with Crippen molar-refractivity contribution in [3.63, 3.8) is 0 Å². The molecule has 0 fully saturated rings. The van der Waals surface area contributed by atoms with E-state index in [-0.39, 0.29) is 22.6 Å². The predicted octanol–water partition coefficient (Wildman–Crippen LogP) is 4.01. The summed E-state index contributed by atoms with van der Waals surface area (Å²) in [6, 6.07) is 20.6. The van der Waals surface area contributed by atoms with Crippen molar-refractivity contribution in [3.8, 4) is 17.3 Å². The molecule has 0 aliphatic heterocycles. The van der Waals surface area contributed by atoms with Crippen LogP contribution in [0.15, 0.2) is 77.0 Å². The van der Waals surface area contributed by atoms with E-state index in [0.29, 0.717) is 10.8 Å². The minimum atomic E-state index is -0.599. The minimum absolute atomic E-state index is 0.0924. The second-order valence-corrected chi connectivity index (χ2v) is 7.82. The molecule has 3 heterocycles. The third kappa shape index (κ3) is 3.84. The zero-order chi connectivity index (χ0) is 22.8. The maximum absolute atomic E-state index is 13.3. The minimum Gasteiger partial charge on any atom is -0.340 e. The normalized spacial score (nSPS) is 10.6. The number of amides is 1. The highest BCUT2D eigenvalue weighted by Crippen LogP contribution is 2.27. The van der Waals surface area contributed by atoms with E-state index in [4.69, 9.17) is 0 Å². The molecule has 0 saturated carbocycles. The second-order valence-electron chi connectivity index (χ2n) is 6.96. The first-order valence-corrected chi connectivity index (χ1v) is 10.7. The number of thiazole rings is 1. The zero-order valence-corrected chi connectivity index (χ0v) is 17.8. The number of nitrogens with zero attached hydrogens (tertiary/aromatic N) is 4. The molecule has 0 unspecified atom stereocenters. The van der Waals surface area contributed by atoms with E-state index in [0.717, 1.165) is 22.0 Å². The molecule has 1 amide bonds. The predicted molar refractivity (Wildman–Crippen MR) is 126 cm³/mol. The van der Waals surface area contributed by atoms with Crippen LogP contribution in [0.1, 0.15) is 15.9 Å². The number of nitriles is 1. The van der Waals surface area contributed by atoms with Gasteiger partial charge in [0.1, 0.15) is 23.0 Å². The van der Waals surface area contributed by atoms with Crippen molar-refractivity contribution in [3.05, 3.63) is 93.7 Å². The van der Waals surface area contributed by atoms with Gasteiger partial charge in [-0.2, -0.15) is 9.78 Å². The molecule has 9 nitrogen and oxygen atoms in total. The lowest BCUT2D eigenvalue weighted by atomic mass is 10.2. The largest absolute Gasteiger partial charge is 0.340 e. The van der Waals surface area contributed by atoms with Gasteiger partial charge in [0.2, 0.25) is 0 Å². The molecule has 0 bridgehead atoms. The lowest BCUT2D eigenvalue weighted by Gasteiger charge is -2.06. The summed E-state index contributed by atoms with van der Waals surface area (Å²) in [5.41, 5.74) is 1.85. The van der Waals surface area contributed by atoms with Crippen LogP contribution in [0, 0.1) is 11.3 Å². The topological polar surface area (TPSA) is 128 Å². The lowest BCUT2D eigenvalue weighted by Crippen LogP contribution is -2.19. The summed E-state index contributed by atoms with van der Waals surface area (Å²) >= 11 is 1.29. The highest BCUT2D eigenvalue weighted by atomic mass is 32.1. The second kappa shape index (κ2) is 8.41. The SMILES string of the molecule is N#Cc1cnc2c(C(=O)Nc3nc(-c4ccccc4)cs3)c(Nc3ccccc3)[nH]n2c1=O. The molecule has 5 aromatic rings. The molecule has 0 aliphatic carbocycles. The van der Waals surface area contributed by atoms with Crippen molar-refractivity contribution in [2.45, 2.75) is 0 Å². The van der Waals surface area contributed by atoms with Crippen LogP contribution in [0.3, 0.4) is 0 Å². The third-order valence-electron chi connectivity index (χ3n) is 4.84. The van der Waals surface area contributed by atoms with Crippen LogP contribution in [0.2, 0.25) is 0 Å². The summed E-state index contributed by atoms with van der Waals surface area (Å²) in [7, 11) is 0. The van der Waals surface area contributed by atoms with E-state index in [9.17, 15) is 14.9 Å². The average Bonchev–Trinajstić information content (AvgIpc) is 3.45. The smallest absolute Gasteiger partial charge is 0.290 e. The fourth-order valence-electron chi connectivity index (χ4n) is 3.30. The summed E-state index contributed by atoms with van der Waals surface area (Å²) in [6.07, 6.45) is 1.16. The van der Waals surface area contributed by atoms with Gasteiger partial charge in [-0.05, 0) is 12.1 Å². The molecule has 10 heteroatoms. The molecule has 0 aliphatic rings. The van der Waals surface area contributed by atoms with Gasteiger partial charge in [0.25, 0.3) is 11.5 Å². The first-order chi connectivity index (χ1) is 16.1. The Balaban J connectivity index is 1.54. The number of aromatic amines is 1. The number of anilines is 3. The maximum atomic E-state index is 13.3. The molecule has 33 heavy (non-hydrogen) atoms. The number of aromatic nitrogens is 4. The average molecular weight is 453 g/mol. The molecule has 2 aromatic carbocycles. The maximum Gasteiger partial charge on any atom is 0.290 e. The van der Waals surface area contributed by atoms with Crippen LogP contribution in [-0.2, 0) is 0 Å². The highest BCUT2D eigenvalue weighted by molar-refractivity contribution is 7.14. The van der Waals surface area contributed by atoms with Crippen molar-refractivity contribution in [2.75, 3.05) is 10.6 Å². The molecule has 3 aromatic heterocycles. The summed E-state index contributed by atoms with van der Waals surface area (Å²) < 4.78 is 1.08. The number of carbonyl (C=O) groups is 1. The number of hydrogen-bond donors (Lipinski definition) is 3.